The molecular formula is C9H7ClN2OS. The Bertz CT molecular complexity index is 388. The number of halogens is 1. The van der Waals surface area contributed by atoms with E-state index in [0.29, 0.717) is 11.6 Å². The van der Waals surface area contributed by atoms with E-state index in [4.69, 9.17) is 16.0 Å². The molecule has 1 heterocycles. The summed E-state index contributed by atoms with van der Waals surface area (Å²) in [5.74, 6) is 1.31. The molecule has 72 valence electrons. The van der Waals surface area contributed by atoms with Gasteiger partial charge in [0.05, 0.1) is 5.75 Å². The van der Waals surface area contributed by atoms with Crippen molar-refractivity contribution in [3.8, 4) is 0 Å². The Morgan fingerprint density at radius 3 is 2.71 bits per heavy atom. The first-order valence-corrected chi connectivity index (χ1v) is 5.34. The molecule has 3 nitrogen and oxygen atoms in total. The van der Waals surface area contributed by atoms with Crippen LogP contribution in [0.3, 0.4) is 0 Å². The predicted molar refractivity (Wildman–Crippen MR) is 55.3 cm³/mol. The molecule has 0 unspecified atom stereocenters. The molecule has 0 bridgehead atoms. The first kappa shape index (κ1) is 9.55. The van der Waals surface area contributed by atoms with Crippen molar-refractivity contribution in [1.82, 2.24) is 10.2 Å². The lowest BCUT2D eigenvalue weighted by Gasteiger charge is -1.97. The smallest absolute Gasteiger partial charge is 0.226 e. The van der Waals surface area contributed by atoms with E-state index in [9.17, 15) is 0 Å². The molecule has 0 saturated carbocycles. The summed E-state index contributed by atoms with van der Waals surface area (Å²) in [4.78, 5) is 1.13. The van der Waals surface area contributed by atoms with Crippen LogP contribution in [0, 0.1) is 0 Å². The van der Waals surface area contributed by atoms with Gasteiger partial charge in [0.25, 0.3) is 0 Å². The number of hydrogen-bond donors (Lipinski definition) is 0. The maximum atomic E-state index is 5.76. The molecule has 0 N–H and O–H groups in total. The maximum Gasteiger partial charge on any atom is 0.226 e. The lowest BCUT2D eigenvalue weighted by Crippen LogP contribution is -1.80. The van der Waals surface area contributed by atoms with Gasteiger partial charge in [0.15, 0.2) is 0 Å². The van der Waals surface area contributed by atoms with Gasteiger partial charge in [-0.2, -0.15) is 0 Å². The maximum absolute atomic E-state index is 5.76. The van der Waals surface area contributed by atoms with E-state index in [1.165, 1.54) is 6.39 Å². The molecular weight excluding hydrogens is 220 g/mol. The van der Waals surface area contributed by atoms with Crippen molar-refractivity contribution in [2.75, 3.05) is 0 Å². The summed E-state index contributed by atoms with van der Waals surface area (Å²) in [6, 6.07) is 7.64. The van der Waals surface area contributed by atoms with Crippen LogP contribution in [-0.4, -0.2) is 10.2 Å². The van der Waals surface area contributed by atoms with Gasteiger partial charge >= 0.3 is 0 Å². The quantitative estimate of drug-likeness (QED) is 0.755. The van der Waals surface area contributed by atoms with Crippen molar-refractivity contribution >= 4 is 23.4 Å². The van der Waals surface area contributed by atoms with Crippen molar-refractivity contribution in [3.63, 3.8) is 0 Å². The molecule has 2 aromatic rings. The average molecular weight is 227 g/mol. The van der Waals surface area contributed by atoms with Gasteiger partial charge in [0.2, 0.25) is 12.3 Å². The number of hydrogen-bond acceptors (Lipinski definition) is 4. The van der Waals surface area contributed by atoms with Crippen molar-refractivity contribution < 1.29 is 4.42 Å². The first-order chi connectivity index (χ1) is 6.84. The highest BCUT2D eigenvalue weighted by atomic mass is 35.5. The SMILES string of the molecule is Clc1ccc(SCc2nnco2)cc1. The molecule has 0 atom stereocenters. The largest absolute Gasteiger partial charge is 0.427 e. The van der Waals surface area contributed by atoms with Crippen LogP contribution in [0.15, 0.2) is 40.0 Å². The van der Waals surface area contributed by atoms with Crippen LogP contribution in [0.1, 0.15) is 5.89 Å². The minimum Gasteiger partial charge on any atom is -0.427 e. The van der Waals surface area contributed by atoms with Gasteiger partial charge in [-0.1, -0.05) is 11.6 Å². The van der Waals surface area contributed by atoms with Gasteiger partial charge in [-0.05, 0) is 24.3 Å². The minimum atomic E-state index is 0.630. The van der Waals surface area contributed by atoms with Gasteiger partial charge in [0.1, 0.15) is 0 Å². The van der Waals surface area contributed by atoms with Gasteiger partial charge < -0.3 is 4.42 Å². The van der Waals surface area contributed by atoms with E-state index >= 15 is 0 Å². The molecule has 0 aliphatic heterocycles. The number of benzene rings is 1. The van der Waals surface area contributed by atoms with E-state index in [2.05, 4.69) is 10.2 Å². The van der Waals surface area contributed by atoms with Crippen LogP contribution in [-0.2, 0) is 5.75 Å². The standard InChI is InChI=1S/C9H7ClN2OS/c10-7-1-3-8(4-2-7)14-5-9-12-11-6-13-9/h1-4,6H,5H2. The second kappa shape index (κ2) is 4.48. The monoisotopic (exact) mass is 226 g/mol. The molecule has 0 radical (unpaired) electrons. The summed E-state index contributed by atoms with van der Waals surface area (Å²) in [7, 11) is 0. The summed E-state index contributed by atoms with van der Waals surface area (Å²) < 4.78 is 5.01. The van der Waals surface area contributed by atoms with Crippen LogP contribution in [0.4, 0.5) is 0 Å². The van der Waals surface area contributed by atoms with Crippen molar-refractivity contribution in [1.29, 1.82) is 0 Å². The summed E-state index contributed by atoms with van der Waals surface area (Å²) in [5, 5.41) is 8.13. The molecule has 1 aromatic carbocycles. The zero-order chi connectivity index (χ0) is 9.80. The highest BCUT2D eigenvalue weighted by Gasteiger charge is 2.00. The molecule has 5 heteroatoms. The van der Waals surface area contributed by atoms with Crippen molar-refractivity contribution in [2.24, 2.45) is 0 Å². The Morgan fingerprint density at radius 2 is 2.07 bits per heavy atom. The third-order valence-electron chi connectivity index (χ3n) is 1.58. The Labute approximate surface area is 90.5 Å². The van der Waals surface area contributed by atoms with Crippen molar-refractivity contribution in [2.45, 2.75) is 10.6 Å². The normalized spacial score (nSPS) is 10.4. The topological polar surface area (TPSA) is 38.9 Å². The fraction of sp³-hybridized carbons (Fsp3) is 0.111. The van der Waals surface area contributed by atoms with Crippen LogP contribution in [0.5, 0.6) is 0 Å². The fourth-order valence-corrected chi connectivity index (χ4v) is 1.81. The van der Waals surface area contributed by atoms with Crippen molar-refractivity contribution in [3.05, 3.63) is 41.6 Å². The highest BCUT2D eigenvalue weighted by Crippen LogP contribution is 2.23. The lowest BCUT2D eigenvalue weighted by molar-refractivity contribution is 0.514. The summed E-state index contributed by atoms with van der Waals surface area (Å²) >= 11 is 7.39. The zero-order valence-electron chi connectivity index (χ0n) is 7.18. The van der Waals surface area contributed by atoms with E-state index < -0.39 is 0 Å². The minimum absolute atomic E-state index is 0.630. The first-order valence-electron chi connectivity index (χ1n) is 3.98. The average Bonchev–Trinajstić information content (AvgIpc) is 2.70. The molecule has 0 spiro atoms. The molecule has 0 aliphatic rings. The van der Waals surface area contributed by atoms with E-state index in [0.717, 1.165) is 9.92 Å². The summed E-state index contributed by atoms with van der Waals surface area (Å²) in [5.41, 5.74) is 0. The molecule has 1 aromatic heterocycles. The second-order valence-corrected chi connectivity index (χ2v) is 4.06. The van der Waals surface area contributed by atoms with Crippen LogP contribution in [0.25, 0.3) is 0 Å². The molecule has 0 saturated heterocycles. The second-order valence-electron chi connectivity index (χ2n) is 2.58. The predicted octanol–water partition coefficient (Wildman–Crippen LogP) is 3.02. The number of aromatic nitrogens is 2. The number of rotatable bonds is 3. The van der Waals surface area contributed by atoms with Crippen LogP contribution in [0.2, 0.25) is 5.02 Å². The Balaban J connectivity index is 1.95. The zero-order valence-corrected chi connectivity index (χ0v) is 8.76. The van der Waals surface area contributed by atoms with Gasteiger partial charge in [0, 0.05) is 9.92 Å². The fourth-order valence-electron chi connectivity index (χ4n) is 0.935. The molecule has 0 fully saturated rings. The third-order valence-corrected chi connectivity index (χ3v) is 2.83. The third kappa shape index (κ3) is 2.49. The van der Waals surface area contributed by atoms with E-state index in [1.54, 1.807) is 11.8 Å². The summed E-state index contributed by atoms with van der Waals surface area (Å²) in [6.07, 6.45) is 1.33. The molecule has 14 heavy (non-hydrogen) atoms. The lowest BCUT2D eigenvalue weighted by atomic mass is 10.4. The molecule has 0 aliphatic carbocycles. The van der Waals surface area contributed by atoms with E-state index in [1.807, 2.05) is 24.3 Å². The summed E-state index contributed by atoms with van der Waals surface area (Å²) in [6.45, 7) is 0. The van der Waals surface area contributed by atoms with E-state index in [-0.39, 0.29) is 0 Å². The Kier molecular flexibility index (Phi) is 3.06. The van der Waals surface area contributed by atoms with Gasteiger partial charge in [-0.25, -0.2) is 0 Å². The molecule has 0 amide bonds. The molecule has 2 rings (SSSR count). The Morgan fingerprint density at radius 1 is 1.29 bits per heavy atom. The van der Waals surface area contributed by atoms with Crippen LogP contribution >= 0.6 is 23.4 Å². The van der Waals surface area contributed by atoms with Crippen LogP contribution < -0.4 is 0 Å². The Hall–Kier alpha value is -1.00. The highest BCUT2D eigenvalue weighted by molar-refractivity contribution is 7.98. The number of thioether (sulfide) groups is 1. The van der Waals surface area contributed by atoms with Gasteiger partial charge in [-0.3, -0.25) is 0 Å². The van der Waals surface area contributed by atoms with Gasteiger partial charge in [-0.15, -0.1) is 22.0 Å². The number of nitrogens with zero attached hydrogens (tertiary/aromatic N) is 2.